The number of carbonyl (C=O) groups excluding carboxylic acids is 1. The summed E-state index contributed by atoms with van der Waals surface area (Å²) in [5.74, 6) is 1.34. The molecule has 0 saturated heterocycles. The van der Waals surface area contributed by atoms with Crippen molar-refractivity contribution in [3.63, 3.8) is 0 Å². The number of nitrogens with zero attached hydrogens (tertiary/aromatic N) is 2. The molecule has 31 heavy (non-hydrogen) atoms. The highest BCUT2D eigenvalue weighted by Gasteiger charge is 2.23. The third-order valence-corrected chi connectivity index (χ3v) is 5.47. The fraction of sp³-hybridized carbons (Fsp3) is 0.200. The van der Waals surface area contributed by atoms with E-state index in [4.69, 9.17) is 9.47 Å². The lowest BCUT2D eigenvalue weighted by molar-refractivity contribution is 0.0924. The second-order valence-electron chi connectivity index (χ2n) is 7.67. The molecular weight excluding hydrogens is 390 g/mol. The third-order valence-electron chi connectivity index (χ3n) is 5.47. The lowest BCUT2D eigenvalue weighted by atomic mass is 10.00. The highest BCUT2D eigenvalue weighted by atomic mass is 16.5. The third kappa shape index (κ3) is 3.97. The molecule has 1 unspecified atom stereocenters. The predicted molar refractivity (Wildman–Crippen MR) is 117 cm³/mol. The van der Waals surface area contributed by atoms with Gasteiger partial charge in [0.1, 0.15) is 23.8 Å². The van der Waals surface area contributed by atoms with E-state index in [2.05, 4.69) is 10.3 Å². The Morgan fingerprint density at radius 1 is 1.19 bits per heavy atom. The van der Waals surface area contributed by atoms with Gasteiger partial charge < -0.3 is 19.2 Å². The molecule has 6 nitrogen and oxygen atoms in total. The molecule has 1 amide bonds. The number of nitrogens with one attached hydrogen (secondary N) is 1. The Morgan fingerprint density at radius 2 is 2.10 bits per heavy atom. The summed E-state index contributed by atoms with van der Waals surface area (Å²) in [6.07, 6.45) is 4.67. The van der Waals surface area contributed by atoms with Crippen molar-refractivity contribution in [3.8, 4) is 11.5 Å². The number of ether oxygens (including phenoxy) is 2. The number of para-hydroxylation sites is 1. The van der Waals surface area contributed by atoms with E-state index in [1.54, 1.807) is 12.1 Å². The number of amides is 1. The molecule has 5 rings (SSSR count). The highest BCUT2D eigenvalue weighted by Crippen LogP contribution is 2.31. The first-order valence-corrected chi connectivity index (χ1v) is 10.4. The van der Waals surface area contributed by atoms with Gasteiger partial charge in [0.25, 0.3) is 5.91 Å². The van der Waals surface area contributed by atoms with Gasteiger partial charge >= 0.3 is 0 Å². The van der Waals surface area contributed by atoms with Crippen molar-refractivity contribution in [2.45, 2.75) is 26.0 Å². The normalized spacial score (nSPS) is 15.2. The summed E-state index contributed by atoms with van der Waals surface area (Å²) in [5.41, 5.74) is 4.44. The number of pyridine rings is 1. The molecule has 0 spiro atoms. The number of hydrogen-bond acceptors (Lipinski definition) is 4. The van der Waals surface area contributed by atoms with Crippen molar-refractivity contribution in [3.05, 3.63) is 95.4 Å². The number of aryl methyl sites for hydroxylation is 1. The van der Waals surface area contributed by atoms with Gasteiger partial charge in [-0.1, -0.05) is 30.3 Å². The molecular formula is C25H23N3O3. The summed E-state index contributed by atoms with van der Waals surface area (Å²) >= 11 is 0. The Bertz CT molecular complexity index is 1250. The fourth-order valence-electron chi connectivity index (χ4n) is 3.89. The SMILES string of the molecule is Cc1cccn2cc(COc3cccc(C(=O)NC4CCOc5ccccc54)c3)nc12. The van der Waals surface area contributed by atoms with Gasteiger partial charge in [0.05, 0.1) is 18.3 Å². The maximum atomic E-state index is 12.9. The summed E-state index contributed by atoms with van der Waals surface area (Å²) in [5, 5.41) is 3.13. The van der Waals surface area contributed by atoms with Gasteiger partial charge in [-0.3, -0.25) is 4.79 Å². The molecule has 2 aromatic heterocycles. The molecule has 6 heteroatoms. The van der Waals surface area contributed by atoms with E-state index in [1.165, 1.54) is 0 Å². The van der Waals surface area contributed by atoms with E-state index in [-0.39, 0.29) is 11.9 Å². The first kappa shape index (κ1) is 19.2. The topological polar surface area (TPSA) is 64.9 Å². The predicted octanol–water partition coefficient (Wildman–Crippen LogP) is 4.48. The summed E-state index contributed by atoms with van der Waals surface area (Å²) in [6, 6.07) is 19.0. The van der Waals surface area contributed by atoms with Crippen LogP contribution in [-0.4, -0.2) is 21.9 Å². The average Bonchev–Trinajstić information content (AvgIpc) is 3.23. The average molecular weight is 413 g/mol. The number of carbonyl (C=O) groups is 1. The first-order chi connectivity index (χ1) is 15.2. The molecule has 0 fully saturated rings. The number of hydrogen-bond donors (Lipinski definition) is 1. The zero-order valence-corrected chi connectivity index (χ0v) is 17.2. The quantitative estimate of drug-likeness (QED) is 0.524. The zero-order valence-electron chi connectivity index (χ0n) is 17.2. The van der Waals surface area contributed by atoms with Crippen molar-refractivity contribution in [1.82, 2.24) is 14.7 Å². The van der Waals surface area contributed by atoms with E-state index < -0.39 is 0 Å². The minimum absolute atomic E-state index is 0.0664. The molecule has 0 radical (unpaired) electrons. The van der Waals surface area contributed by atoms with Gasteiger partial charge in [0, 0.05) is 29.9 Å². The van der Waals surface area contributed by atoms with Gasteiger partial charge in [0.15, 0.2) is 0 Å². The number of imidazole rings is 1. The van der Waals surface area contributed by atoms with Crippen LogP contribution in [0.25, 0.3) is 5.65 Å². The van der Waals surface area contributed by atoms with Crippen molar-refractivity contribution in [1.29, 1.82) is 0 Å². The maximum Gasteiger partial charge on any atom is 0.251 e. The first-order valence-electron chi connectivity index (χ1n) is 10.4. The molecule has 1 atom stereocenters. The second kappa shape index (κ2) is 8.14. The maximum absolute atomic E-state index is 12.9. The van der Waals surface area contributed by atoms with Crippen LogP contribution in [-0.2, 0) is 6.61 Å². The molecule has 156 valence electrons. The summed E-state index contributed by atoms with van der Waals surface area (Å²) in [4.78, 5) is 17.5. The highest BCUT2D eigenvalue weighted by molar-refractivity contribution is 5.94. The number of rotatable bonds is 5. The van der Waals surface area contributed by atoms with Crippen LogP contribution in [0, 0.1) is 6.92 Å². The van der Waals surface area contributed by atoms with E-state index in [9.17, 15) is 4.79 Å². The smallest absolute Gasteiger partial charge is 0.251 e. The van der Waals surface area contributed by atoms with Crippen molar-refractivity contribution in [2.75, 3.05) is 6.61 Å². The van der Waals surface area contributed by atoms with E-state index in [0.29, 0.717) is 24.5 Å². The zero-order chi connectivity index (χ0) is 21.2. The lowest BCUT2D eigenvalue weighted by Crippen LogP contribution is -2.32. The minimum atomic E-state index is -0.129. The van der Waals surface area contributed by atoms with Crippen LogP contribution < -0.4 is 14.8 Å². The van der Waals surface area contributed by atoms with Crippen LogP contribution in [0.5, 0.6) is 11.5 Å². The van der Waals surface area contributed by atoms with Crippen LogP contribution in [0.2, 0.25) is 0 Å². The molecule has 3 heterocycles. The molecule has 2 aromatic carbocycles. The number of aromatic nitrogens is 2. The monoisotopic (exact) mass is 413 g/mol. The van der Waals surface area contributed by atoms with Gasteiger partial charge in [-0.2, -0.15) is 0 Å². The Hall–Kier alpha value is -3.80. The van der Waals surface area contributed by atoms with Crippen LogP contribution in [0.15, 0.2) is 73.1 Å². The van der Waals surface area contributed by atoms with Gasteiger partial charge in [-0.25, -0.2) is 4.98 Å². The van der Waals surface area contributed by atoms with Crippen molar-refractivity contribution >= 4 is 11.6 Å². The Kier molecular flexibility index (Phi) is 5.04. The number of fused-ring (bicyclic) bond motifs is 2. The van der Waals surface area contributed by atoms with Crippen molar-refractivity contribution < 1.29 is 14.3 Å². The fourth-order valence-corrected chi connectivity index (χ4v) is 3.89. The molecule has 1 N–H and O–H groups in total. The van der Waals surface area contributed by atoms with Crippen LogP contribution in [0.4, 0.5) is 0 Å². The van der Waals surface area contributed by atoms with E-state index in [1.807, 2.05) is 72.2 Å². The van der Waals surface area contributed by atoms with Gasteiger partial charge in [-0.05, 0) is 42.8 Å². The lowest BCUT2D eigenvalue weighted by Gasteiger charge is -2.26. The summed E-state index contributed by atoms with van der Waals surface area (Å²) < 4.78 is 13.6. The summed E-state index contributed by atoms with van der Waals surface area (Å²) in [6.45, 7) is 2.95. The molecule has 4 aromatic rings. The van der Waals surface area contributed by atoms with E-state index in [0.717, 1.165) is 34.6 Å². The molecule has 0 bridgehead atoms. The Morgan fingerprint density at radius 3 is 3.00 bits per heavy atom. The standard InChI is InChI=1S/C25H23N3O3/c1-17-6-5-12-28-15-19(26-24(17)28)16-31-20-8-4-7-18(14-20)25(29)27-22-11-13-30-23-10-3-2-9-21(22)23/h2-10,12,14-15,22H,11,13,16H2,1H3,(H,27,29). The molecule has 1 aliphatic rings. The largest absolute Gasteiger partial charge is 0.493 e. The second-order valence-corrected chi connectivity index (χ2v) is 7.67. The Labute approximate surface area is 180 Å². The summed E-state index contributed by atoms with van der Waals surface area (Å²) in [7, 11) is 0. The molecule has 0 saturated carbocycles. The molecule has 0 aliphatic carbocycles. The minimum Gasteiger partial charge on any atom is -0.493 e. The van der Waals surface area contributed by atoms with Crippen LogP contribution in [0.3, 0.4) is 0 Å². The van der Waals surface area contributed by atoms with Crippen LogP contribution in [0.1, 0.15) is 39.6 Å². The molecule has 1 aliphatic heterocycles. The van der Waals surface area contributed by atoms with Gasteiger partial charge in [-0.15, -0.1) is 0 Å². The Balaban J connectivity index is 1.27. The van der Waals surface area contributed by atoms with Gasteiger partial charge in [0.2, 0.25) is 0 Å². The van der Waals surface area contributed by atoms with Crippen LogP contribution >= 0.6 is 0 Å². The van der Waals surface area contributed by atoms with E-state index >= 15 is 0 Å². The number of benzene rings is 2. The van der Waals surface area contributed by atoms with Crippen molar-refractivity contribution in [2.24, 2.45) is 0 Å².